The van der Waals surface area contributed by atoms with E-state index < -0.39 is 0 Å². The second kappa shape index (κ2) is 8.15. The van der Waals surface area contributed by atoms with Gasteiger partial charge in [-0.3, -0.25) is 4.79 Å². The molecule has 0 radical (unpaired) electrons. The first kappa shape index (κ1) is 16.0. The Morgan fingerprint density at radius 3 is 2.52 bits per heavy atom. The van der Waals surface area contributed by atoms with Gasteiger partial charge in [-0.05, 0) is 24.1 Å². The average molecular weight is 291 g/mol. The van der Waals surface area contributed by atoms with Crippen LogP contribution in [0.5, 0.6) is 0 Å². The summed E-state index contributed by atoms with van der Waals surface area (Å²) in [6, 6.07) is 7.98. The second-order valence-electron chi connectivity index (χ2n) is 5.88. The number of carbonyl (C=O) groups is 1. The monoisotopic (exact) mass is 291 g/mol. The van der Waals surface area contributed by atoms with Gasteiger partial charge in [-0.25, -0.2) is 0 Å². The Bertz CT molecular complexity index is 437. The predicted molar refractivity (Wildman–Crippen MR) is 83.5 cm³/mol. The lowest BCUT2D eigenvalue weighted by Gasteiger charge is -2.29. The van der Waals surface area contributed by atoms with E-state index in [4.69, 9.17) is 4.74 Å². The molecule has 1 aliphatic rings. The van der Waals surface area contributed by atoms with Crippen molar-refractivity contribution >= 4 is 5.91 Å². The van der Waals surface area contributed by atoms with Crippen LogP contribution >= 0.6 is 0 Å². The van der Waals surface area contributed by atoms with Crippen molar-refractivity contribution in [3.8, 4) is 0 Å². The molecule has 0 bridgehead atoms. The molecular formula is C17H27N2O2+. The SMILES string of the molecule is CCC[NH+]1CCC(NC(=O)c2ccc(COC)cc2)CC1. The maximum Gasteiger partial charge on any atom is 0.251 e. The molecule has 4 heteroatoms. The second-order valence-corrected chi connectivity index (χ2v) is 5.88. The fourth-order valence-corrected chi connectivity index (χ4v) is 2.96. The zero-order valence-corrected chi connectivity index (χ0v) is 13.2. The molecule has 1 saturated heterocycles. The van der Waals surface area contributed by atoms with Crippen molar-refractivity contribution in [2.45, 2.75) is 38.8 Å². The summed E-state index contributed by atoms with van der Waals surface area (Å²) in [6.45, 7) is 6.41. The number of hydrogen-bond donors (Lipinski definition) is 2. The van der Waals surface area contributed by atoms with Crippen LogP contribution in [0, 0.1) is 0 Å². The molecule has 4 nitrogen and oxygen atoms in total. The smallest absolute Gasteiger partial charge is 0.251 e. The summed E-state index contributed by atoms with van der Waals surface area (Å²) in [4.78, 5) is 13.9. The third-order valence-electron chi connectivity index (χ3n) is 4.16. The number of benzene rings is 1. The number of amides is 1. The normalized spacial score (nSPS) is 22.0. The summed E-state index contributed by atoms with van der Waals surface area (Å²) < 4.78 is 5.08. The summed E-state index contributed by atoms with van der Waals surface area (Å²) in [5.74, 6) is 0.0444. The Morgan fingerprint density at radius 2 is 1.95 bits per heavy atom. The van der Waals surface area contributed by atoms with Crippen molar-refractivity contribution in [2.75, 3.05) is 26.7 Å². The van der Waals surface area contributed by atoms with Crippen LogP contribution in [0.1, 0.15) is 42.1 Å². The molecule has 1 aromatic rings. The van der Waals surface area contributed by atoms with E-state index >= 15 is 0 Å². The summed E-state index contributed by atoms with van der Waals surface area (Å²) in [7, 11) is 1.67. The lowest BCUT2D eigenvalue weighted by molar-refractivity contribution is -0.905. The van der Waals surface area contributed by atoms with Crippen LogP contribution in [0.4, 0.5) is 0 Å². The molecule has 2 rings (SSSR count). The van der Waals surface area contributed by atoms with Crippen LogP contribution < -0.4 is 10.2 Å². The summed E-state index contributed by atoms with van der Waals surface area (Å²) in [5, 5.41) is 3.17. The number of hydrogen-bond acceptors (Lipinski definition) is 2. The third kappa shape index (κ3) is 4.83. The molecule has 0 saturated carbocycles. The highest BCUT2D eigenvalue weighted by molar-refractivity contribution is 5.94. The van der Waals surface area contributed by atoms with Gasteiger partial charge in [0.25, 0.3) is 5.91 Å². The maximum absolute atomic E-state index is 12.2. The first-order valence-electron chi connectivity index (χ1n) is 7.95. The first-order valence-corrected chi connectivity index (χ1v) is 7.95. The standard InChI is InChI=1S/C17H26N2O2/c1-3-10-19-11-8-16(9-12-19)18-17(20)15-6-4-14(5-7-15)13-21-2/h4-7,16H,3,8-13H2,1-2H3,(H,18,20)/p+1. The zero-order chi connectivity index (χ0) is 15.1. The molecule has 0 aliphatic carbocycles. The van der Waals surface area contributed by atoms with Gasteiger partial charge in [-0.15, -0.1) is 0 Å². The van der Waals surface area contributed by atoms with Crippen molar-refractivity contribution in [2.24, 2.45) is 0 Å². The van der Waals surface area contributed by atoms with Crippen molar-refractivity contribution in [3.05, 3.63) is 35.4 Å². The highest BCUT2D eigenvalue weighted by Crippen LogP contribution is 2.07. The van der Waals surface area contributed by atoms with Gasteiger partial charge in [0.1, 0.15) is 0 Å². The summed E-state index contributed by atoms with van der Waals surface area (Å²) in [5.41, 5.74) is 1.82. The maximum atomic E-state index is 12.2. The minimum Gasteiger partial charge on any atom is -0.380 e. The van der Waals surface area contributed by atoms with Gasteiger partial charge in [-0.1, -0.05) is 19.1 Å². The van der Waals surface area contributed by atoms with Gasteiger partial charge >= 0.3 is 0 Å². The molecule has 0 unspecified atom stereocenters. The number of likely N-dealkylation sites (tertiary alicyclic amines) is 1. The molecule has 116 valence electrons. The van der Waals surface area contributed by atoms with Crippen molar-refractivity contribution in [3.63, 3.8) is 0 Å². The molecule has 21 heavy (non-hydrogen) atoms. The first-order chi connectivity index (χ1) is 10.2. The molecular weight excluding hydrogens is 264 g/mol. The van der Waals surface area contributed by atoms with Crippen molar-refractivity contribution in [1.82, 2.24) is 5.32 Å². The van der Waals surface area contributed by atoms with E-state index in [1.807, 2.05) is 24.3 Å². The topological polar surface area (TPSA) is 42.8 Å². The Kier molecular flexibility index (Phi) is 6.21. The fourth-order valence-electron chi connectivity index (χ4n) is 2.96. The van der Waals surface area contributed by atoms with Gasteiger partial charge in [0.15, 0.2) is 0 Å². The van der Waals surface area contributed by atoms with E-state index in [0.717, 1.165) is 24.0 Å². The minimum atomic E-state index is 0.0444. The Labute approximate surface area is 127 Å². The van der Waals surface area contributed by atoms with Crippen LogP contribution in [-0.2, 0) is 11.3 Å². The Balaban J connectivity index is 1.81. The van der Waals surface area contributed by atoms with Crippen LogP contribution in [0.3, 0.4) is 0 Å². The zero-order valence-electron chi connectivity index (χ0n) is 13.2. The highest BCUT2D eigenvalue weighted by atomic mass is 16.5. The van der Waals surface area contributed by atoms with E-state index in [0.29, 0.717) is 12.6 Å². The fraction of sp³-hybridized carbons (Fsp3) is 0.588. The van der Waals surface area contributed by atoms with Crippen LogP contribution in [0.25, 0.3) is 0 Å². The van der Waals surface area contributed by atoms with Crippen LogP contribution in [-0.4, -0.2) is 38.7 Å². The number of methoxy groups -OCH3 is 1. The molecule has 1 aliphatic heterocycles. The number of carbonyl (C=O) groups excluding carboxylic acids is 1. The summed E-state index contributed by atoms with van der Waals surface area (Å²) in [6.07, 6.45) is 3.41. The molecule has 1 aromatic carbocycles. The largest absolute Gasteiger partial charge is 0.380 e. The van der Waals surface area contributed by atoms with E-state index in [1.165, 1.54) is 26.1 Å². The number of rotatable bonds is 6. The summed E-state index contributed by atoms with van der Waals surface area (Å²) >= 11 is 0. The molecule has 2 N–H and O–H groups in total. The minimum absolute atomic E-state index is 0.0444. The molecule has 0 atom stereocenters. The lowest BCUT2D eigenvalue weighted by atomic mass is 10.0. The quantitative estimate of drug-likeness (QED) is 0.822. The molecule has 0 spiro atoms. The van der Waals surface area contributed by atoms with Crippen LogP contribution in [0.15, 0.2) is 24.3 Å². The third-order valence-corrected chi connectivity index (χ3v) is 4.16. The van der Waals surface area contributed by atoms with E-state index in [-0.39, 0.29) is 5.91 Å². The van der Waals surface area contributed by atoms with Gasteiger partial charge in [-0.2, -0.15) is 0 Å². The van der Waals surface area contributed by atoms with Crippen molar-refractivity contribution in [1.29, 1.82) is 0 Å². The van der Waals surface area contributed by atoms with E-state index in [9.17, 15) is 4.79 Å². The van der Waals surface area contributed by atoms with Gasteiger partial charge < -0.3 is 15.0 Å². The van der Waals surface area contributed by atoms with Gasteiger partial charge in [0, 0.05) is 31.6 Å². The number of ether oxygens (including phenoxy) is 1. The number of piperidine rings is 1. The highest BCUT2D eigenvalue weighted by Gasteiger charge is 2.22. The average Bonchev–Trinajstić information content (AvgIpc) is 2.50. The van der Waals surface area contributed by atoms with Crippen molar-refractivity contribution < 1.29 is 14.4 Å². The predicted octanol–water partition coefficient (Wildman–Crippen LogP) is 1.02. The Morgan fingerprint density at radius 1 is 1.29 bits per heavy atom. The van der Waals surface area contributed by atoms with Crippen LogP contribution in [0.2, 0.25) is 0 Å². The molecule has 1 heterocycles. The van der Waals surface area contributed by atoms with E-state index in [2.05, 4.69) is 12.2 Å². The molecule has 0 aromatic heterocycles. The Hall–Kier alpha value is -1.39. The number of quaternary nitrogens is 1. The lowest BCUT2D eigenvalue weighted by Crippen LogP contribution is -3.13. The molecule has 1 amide bonds. The van der Waals surface area contributed by atoms with E-state index in [1.54, 1.807) is 12.0 Å². The van der Waals surface area contributed by atoms with Gasteiger partial charge in [0.2, 0.25) is 0 Å². The van der Waals surface area contributed by atoms with Gasteiger partial charge in [0.05, 0.1) is 26.2 Å². The molecule has 1 fully saturated rings. The number of nitrogens with one attached hydrogen (secondary N) is 2.